The number of benzene rings is 2. The minimum absolute atomic E-state index is 0.975. The normalized spacial score (nSPS) is 11.2. The van der Waals surface area contributed by atoms with Crippen LogP contribution in [0.4, 0.5) is 0 Å². The summed E-state index contributed by atoms with van der Waals surface area (Å²) in [7, 11) is 0. The molecule has 0 fully saturated rings. The van der Waals surface area contributed by atoms with Gasteiger partial charge in [0.15, 0.2) is 0 Å². The van der Waals surface area contributed by atoms with Crippen LogP contribution in [0.5, 0.6) is 0 Å². The van der Waals surface area contributed by atoms with Crippen LogP contribution in [0.25, 0.3) is 27.5 Å². The van der Waals surface area contributed by atoms with Gasteiger partial charge in [0.2, 0.25) is 0 Å². The van der Waals surface area contributed by atoms with E-state index >= 15 is 0 Å². The highest BCUT2D eigenvalue weighted by atomic mass is 32.1. The quantitative estimate of drug-likeness (QED) is 0.508. The van der Waals surface area contributed by atoms with Crippen LogP contribution in [0.3, 0.4) is 0 Å². The van der Waals surface area contributed by atoms with Crippen LogP contribution in [0.2, 0.25) is 0 Å². The lowest BCUT2D eigenvalue weighted by Gasteiger charge is -2.08. The molecule has 0 spiro atoms. The Bertz CT molecular complexity index is 910. The zero-order chi connectivity index (χ0) is 13.5. The van der Waals surface area contributed by atoms with Crippen LogP contribution in [-0.4, -0.2) is 9.55 Å². The van der Waals surface area contributed by atoms with Crippen molar-refractivity contribution in [2.45, 2.75) is 4.90 Å². The predicted molar refractivity (Wildman–Crippen MR) is 85.8 cm³/mol. The number of nitrogens with zero attached hydrogens (tertiary/aromatic N) is 2. The molecule has 3 heteroatoms. The molecule has 0 aliphatic carbocycles. The summed E-state index contributed by atoms with van der Waals surface area (Å²) in [5.74, 6) is 0. The molecule has 0 atom stereocenters. The number of para-hydroxylation sites is 2. The van der Waals surface area contributed by atoms with E-state index in [4.69, 9.17) is 0 Å². The Morgan fingerprint density at radius 3 is 2.55 bits per heavy atom. The number of thiol groups is 1. The number of fused-ring (bicyclic) bond motifs is 3. The third-order valence-corrected chi connectivity index (χ3v) is 3.94. The molecule has 2 heterocycles. The van der Waals surface area contributed by atoms with Crippen molar-refractivity contribution in [1.82, 2.24) is 9.55 Å². The van der Waals surface area contributed by atoms with E-state index in [0.717, 1.165) is 21.6 Å². The summed E-state index contributed by atoms with van der Waals surface area (Å²) >= 11 is 4.64. The van der Waals surface area contributed by atoms with Crippen molar-refractivity contribution in [3.8, 4) is 5.69 Å². The molecule has 0 radical (unpaired) electrons. The fourth-order valence-electron chi connectivity index (χ4n) is 2.74. The highest BCUT2D eigenvalue weighted by Crippen LogP contribution is 2.34. The second-order valence-corrected chi connectivity index (χ2v) is 5.22. The fourth-order valence-corrected chi connectivity index (χ4v) is 3.05. The van der Waals surface area contributed by atoms with E-state index in [9.17, 15) is 0 Å². The summed E-state index contributed by atoms with van der Waals surface area (Å²) in [6.07, 6.45) is 3.75. The van der Waals surface area contributed by atoms with Gasteiger partial charge in [0, 0.05) is 27.6 Å². The van der Waals surface area contributed by atoms with Crippen LogP contribution in [0.1, 0.15) is 0 Å². The second kappa shape index (κ2) is 4.39. The third-order valence-electron chi connectivity index (χ3n) is 3.58. The van der Waals surface area contributed by atoms with Gasteiger partial charge in [-0.25, -0.2) is 0 Å². The van der Waals surface area contributed by atoms with Gasteiger partial charge in [0.1, 0.15) is 0 Å². The zero-order valence-corrected chi connectivity index (χ0v) is 11.6. The lowest BCUT2D eigenvalue weighted by atomic mass is 10.2. The lowest BCUT2D eigenvalue weighted by Crippen LogP contribution is -1.94. The van der Waals surface area contributed by atoms with Crippen LogP contribution < -0.4 is 0 Å². The van der Waals surface area contributed by atoms with Gasteiger partial charge in [0.25, 0.3) is 0 Å². The van der Waals surface area contributed by atoms with Crippen LogP contribution in [0, 0.1) is 0 Å². The molecule has 96 valence electrons. The molecule has 4 aromatic rings. The van der Waals surface area contributed by atoms with Gasteiger partial charge in [-0.3, -0.25) is 4.98 Å². The Kier molecular flexibility index (Phi) is 2.54. The molecular formula is C17H12N2S. The Morgan fingerprint density at radius 1 is 0.850 bits per heavy atom. The predicted octanol–water partition coefficient (Wildman–Crippen LogP) is 4.47. The average Bonchev–Trinajstić information content (AvgIpc) is 2.84. The molecule has 0 bridgehead atoms. The van der Waals surface area contributed by atoms with Crippen LogP contribution in [0.15, 0.2) is 71.9 Å². The molecule has 2 aromatic heterocycles. The van der Waals surface area contributed by atoms with E-state index in [0.29, 0.717) is 0 Å². The number of aromatic nitrogens is 2. The third kappa shape index (κ3) is 1.57. The maximum atomic E-state index is 4.64. The maximum absolute atomic E-state index is 4.64. The number of hydrogen-bond acceptors (Lipinski definition) is 2. The Labute approximate surface area is 122 Å². The molecule has 0 N–H and O–H groups in total. The van der Waals surface area contributed by atoms with Crippen molar-refractivity contribution < 1.29 is 0 Å². The SMILES string of the molecule is Sc1cccc2c3ccncc3n(-c3ccccc3)c12. The molecule has 2 nitrogen and oxygen atoms in total. The maximum Gasteiger partial charge on any atom is 0.0724 e. The minimum atomic E-state index is 0.975. The van der Waals surface area contributed by atoms with Gasteiger partial charge in [0.05, 0.1) is 17.2 Å². The van der Waals surface area contributed by atoms with E-state index in [1.54, 1.807) is 0 Å². The topological polar surface area (TPSA) is 17.8 Å². The average molecular weight is 276 g/mol. The summed E-state index contributed by atoms with van der Waals surface area (Å²) in [6, 6.07) is 18.6. The van der Waals surface area contributed by atoms with Crippen molar-refractivity contribution in [3.63, 3.8) is 0 Å². The van der Waals surface area contributed by atoms with E-state index in [-0.39, 0.29) is 0 Å². The number of pyridine rings is 1. The zero-order valence-electron chi connectivity index (χ0n) is 10.7. The molecule has 0 aliphatic heterocycles. The summed E-state index contributed by atoms with van der Waals surface area (Å²) in [5.41, 5.74) is 3.36. The van der Waals surface area contributed by atoms with Crippen LogP contribution >= 0.6 is 12.6 Å². The molecule has 0 aliphatic rings. The minimum Gasteiger partial charge on any atom is -0.307 e. The highest BCUT2D eigenvalue weighted by Gasteiger charge is 2.13. The first-order valence-corrected chi connectivity index (χ1v) is 6.92. The summed E-state index contributed by atoms with van der Waals surface area (Å²) in [5, 5.41) is 2.41. The number of hydrogen-bond donors (Lipinski definition) is 1. The summed E-state index contributed by atoms with van der Waals surface area (Å²) in [4.78, 5) is 5.25. The van der Waals surface area contributed by atoms with E-state index < -0.39 is 0 Å². The van der Waals surface area contributed by atoms with Gasteiger partial charge in [-0.1, -0.05) is 30.3 Å². The molecule has 0 unspecified atom stereocenters. The van der Waals surface area contributed by atoms with E-state index in [1.807, 2.05) is 42.7 Å². The first kappa shape index (κ1) is 11.6. The van der Waals surface area contributed by atoms with E-state index in [1.165, 1.54) is 10.8 Å². The summed E-state index contributed by atoms with van der Waals surface area (Å²) < 4.78 is 2.22. The first-order valence-electron chi connectivity index (χ1n) is 6.48. The van der Waals surface area contributed by atoms with Crippen LogP contribution in [-0.2, 0) is 0 Å². The van der Waals surface area contributed by atoms with Crippen molar-refractivity contribution in [2.24, 2.45) is 0 Å². The Balaban J connectivity index is 2.27. The van der Waals surface area contributed by atoms with Gasteiger partial charge < -0.3 is 4.57 Å². The molecule has 4 rings (SSSR count). The van der Waals surface area contributed by atoms with Gasteiger partial charge >= 0.3 is 0 Å². The largest absolute Gasteiger partial charge is 0.307 e. The lowest BCUT2D eigenvalue weighted by molar-refractivity contribution is 1.15. The molecular weight excluding hydrogens is 264 g/mol. The number of rotatable bonds is 1. The second-order valence-electron chi connectivity index (χ2n) is 4.74. The molecule has 20 heavy (non-hydrogen) atoms. The van der Waals surface area contributed by atoms with E-state index in [2.05, 4.69) is 46.4 Å². The fraction of sp³-hybridized carbons (Fsp3) is 0. The van der Waals surface area contributed by atoms with Crippen molar-refractivity contribution >= 4 is 34.4 Å². The molecule has 0 amide bonds. The Morgan fingerprint density at radius 2 is 1.70 bits per heavy atom. The van der Waals surface area contributed by atoms with Gasteiger partial charge in [-0.15, -0.1) is 12.6 Å². The highest BCUT2D eigenvalue weighted by molar-refractivity contribution is 7.80. The smallest absolute Gasteiger partial charge is 0.0724 e. The molecule has 0 saturated carbocycles. The monoisotopic (exact) mass is 276 g/mol. The standard InChI is InChI=1S/C17H12N2S/c20-16-8-4-7-14-13-9-10-18-11-15(13)19(17(14)16)12-5-2-1-3-6-12/h1-11,20H. The van der Waals surface area contributed by atoms with Gasteiger partial charge in [-0.2, -0.15) is 0 Å². The summed E-state index contributed by atoms with van der Waals surface area (Å²) in [6.45, 7) is 0. The molecule has 0 saturated heterocycles. The van der Waals surface area contributed by atoms with Crippen molar-refractivity contribution in [1.29, 1.82) is 0 Å². The van der Waals surface area contributed by atoms with Crippen molar-refractivity contribution in [3.05, 3.63) is 67.0 Å². The molecule has 2 aromatic carbocycles. The Hall–Kier alpha value is -2.26. The van der Waals surface area contributed by atoms with Gasteiger partial charge in [-0.05, 0) is 24.3 Å². The first-order chi connectivity index (χ1) is 9.86. The van der Waals surface area contributed by atoms with Crippen molar-refractivity contribution in [2.75, 3.05) is 0 Å².